The molecule has 3 atom stereocenters. The number of carbonyl (C=O) groups excluding carboxylic acids is 1. The van der Waals surface area contributed by atoms with Crippen molar-refractivity contribution in [2.45, 2.75) is 91.0 Å². The first-order valence-electron chi connectivity index (χ1n) is 16.3. The molecule has 232 valence electrons. The van der Waals surface area contributed by atoms with Crippen molar-refractivity contribution in [3.05, 3.63) is 59.4 Å². The average Bonchev–Trinajstić information content (AvgIpc) is 3.67. The van der Waals surface area contributed by atoms with Gasteiger partial charge in [-0.1, -0.05) is 19.9 Å². The summed E-state index contributed by atoms with van der Waals surface area (Å²) in [6, 6.07) is 8.08. The fraction of sp³-hybridized carbons (Fsp3) is 0.600. The maximum atomic E-state index is 14.6. The molecule has 1 amide bonds. The second-order valence-corrected chi connectivity index (χ2v) is 13.6. The number of nitrogens with zero attached hydrogens (tertiary/aromatic N) is 5. The van der Waals surface area contributed by atoms with Crippen LogP contribution in [0.2, 0.25) is 0 Å². The Morgan fingerprint density at radius 2 is 1.93 bits per heavy atom. The minimum atomic E-state index is -0.399. The standard InChI is InChI=1S/C35H48FN5O2/c1-7-40(23(4)5)35(42)32-14-27(36)10-11-30(32)31-13-25(19-41-24(6)37-16-34(31)41)26-17-39(18-26)33(22(2)3)9-8-12-38-20-29-15-28(38)21-43-29/h10-11,13-14,16,19,22-23,26,28-29,33H,7-9,12,15,17-18,20-21H2,1-6H3/t28-,29-,33-/m1/s1. The van der Waals surface area contributed by atoms with E-state index in [0.717, 1.165) is 48.7 Å². The van der Waals surface area contributed by atoms with Crippen molar-refractivity contribution in [1.82, 2.24) is 24.1 Å². The Bertz CT molecular complexity index is 1460. The lowest BCUT2D eigenvalue weighted by atomic mass is 9.85. The number of ether oxygens (including phenoxy) is 1. The summed E-state index contributed by atoms with van der Waals surface area (Å²) in [4.78, 5) is 25.4. The summed E-state index contributed by atoms with van der Waals surface area (Å²) >= 11 is 0. The molecule has 3 aliphatic rings. The van der Waals surface area contributed by atoms with Crippen LogP contribution >= 0.6 is 0 Å². The third-order valence-corrected chi connectivity index (χ3v) is 10.2. The van der Waals surface area contributed by atoms with Gasteiger partial charge in [0, 0.05) is 62.0 Å². The van der Waals surface area contributed by atoms with Crippen LogP contribution in [0.15, 0.2) is 36.7 Å². The van der Waals surface area contributed by atoms with Gasteiger partial charge in [0.25, 0.3) is 5.91 Å². The third kappa shape index (κ3) is 5.86. The molecule has 8 heteroatoms. The molecule has 0 saturated carbocycles. The van der Waals surface area contributed by atoms with Gasteiger partial charge in [0.2, 0.25) is 0 Å². The summed E-state index contributed by atoms with van der Waals surface area (Å²) < 4.78 is 22.5. The first-order chi connectivity index (χ1) is 20.6. The number of pyridine rings is 1. The summed E-state index contributed by atoms with van der Waals surface area (Å²) in [5.74, 6) is 1.37. The predicted octanol–water partition coefficient (Wildman–Crippen LogP) is 6.00. The number of likely N-dealkylation sites (tertiary alicyclic amines) is 2. The SMILES string of the molecule is CCN(C(=O)c1cc(F)ccc1-c1cc(C2CN([C@H](CCCN3C[C@H]4C[C@@H]3CO4)C(C)C)C2)cn2c(C)ncc12)C(C)C. The molecule has 0 N–H and O–H groups in total. The van der Waals surface area contributed by atoms with Gasteiger partial charge in [-0.05, 0) is 88.7 Å². The molecule has 0 spiro atoms. The highest BCUT2D eigenvalue weighted by Crippen LogP contribution is 2.37. The molecular formula is C35H48FN5O2. The fourth-order valence-corrected chi connectivity index (χ4v) is 7.70. The molecule has 3 fully saturated rings. The number of benzene rings is 1. The first kappa shape index (κ1) is 30.2. The minimum absolute atomic E-state index is 0.0199. The van der Waals surface area contributed by atoms with Gasteiger partial charge < -0.3 is 14.0 Å². The molecule has 2 bridgehead atoms. The normalized spacial score (nSPS) is 21.8. The van der Waals surface area contributed by atoms with Crippen molar-refractivity contribution < 1.29 is 13.9 Å². The van der Waals surface area contributed by atoms with Crippen molar-refractivity contribution in [2.75, 3.05) is 39.3 Å². The number of hydrogen-bond acceptors (Lipinski definition) is 5. The number of hydrogen-bond donors (Lipinski definition) is 0. The van der Waals surface area contributed by atoms with E-state index in [-0.39, 0.29) is 11.9 Å². The summed E-state index contributed by atoms with van der Waals surface area (Å²) in [5.41, 5.74) is 4.28. The van der Waals surface area contributed by atoms with Gasteiger partial charge in [0.15, 0.2) is 0 Å². The highest BCUT2D eigenvalue weighted by molar-refractivity contribution is 6.03. The van der Waals surface area contributed by atoms with Crippen LogP contribution in [0.5, 0.6) is 0 Å². The van der Waals surface area contributed by atoms with Gasteiger partial charge in [-0.2, -0.15) is 0 Å². The zero-order valence-corrected chi connectivity index (χ0v) is 26.7. The van der Waals surface area contributed by atoms with Gasteiger partial charge in [0.05, 0.1) is 30.0 Å². The molecule has 3 aromatic rings. The van der Waals surface area contributed by atoms with E-state index in [2.05, 4.69) is 45.3 Å². The predicted molar refractivity (Wildman–Crippen MR) is 169 cm³/mol. The highest BCUT2D eigenvalue weighted by Gasteiger charge is 2.39. The van der Waals surface area contributed by atoms with Crippen LogP contribution in [0.25, 0.3) is 16.6 Å². The third-order valence-electron chi connectivity index (χ3n) is 10.2. The molecular weight excluding hydrogens is 541 g/mol. The van der Waals surface area contributed by atoms with Gasteiger partial charge in [0.1, 0.15) is 11.6 Å². The van der Waals surface area contributed by atoms with Gasteiger partial charge in [-0.3, -0.25) is 14.6 Å². The molecule has 43 heavy (non-hydrogen) atoms. The topological polar surface area (TPSA) is 53.3 Å². The van der Waals surface area contributed by atoms with Crippen LogP contribution in [0.4, 0.5) is 4.39 Å². The molecule has 1 aromatic carbocycles. The summed E-state index contributed by atoms with van der Waals surface area (Å²) in [5, 5.41) is 0. The van der Waals surface area contributed by atoms with Crippen molar-refractivity contribution >= 4 is 11.4 Å². The number of aromatic nitrogens is 2. The van der Waals surface area contributed by atoms with Crippen molar-refractivity contribution in [3.8, 4) is 11.1 Å². The van der Waals surface area contributed by atoms with E-state index in [1.165, 1.54) is 43.5 Å². The molecule has 5 heterocycles. The number of amides is 1. The monoisotopic (exact) mass is 589 g/mol. The minimum Gasteiger partial charge on any atom is -0.375 e. The van der Waals surface area contributed by atoms with Crippen molar-refractivity contribution in [3.63, 3.8) is 0 Å². The van der Waals surface area contributed by atoms with E-state index in [1.807, 2.05) is 33.9 Å². The number of imidazole rings is 1. The van der Waals surface area contributed by atoms with Crippen LogP contribution in [0, 0.1) is 18.7 Å². The maximum absolute atomic E-state index is 14.6. The number of carbonyl (C=O) groups is 1. The van der Waals surface area contributed by atoms with E-state index in [9.17, 15) is 9.18 Å². The number of morpholine rings is 1. The zero-order chi connectivity index (χ0) is 30.4. The Balaban J connectivity index is 1.23. The van der Waals surface area contributed by atoms with Crippen molar-refractivity contribution in [2.24, 2.45) is 5.92 Å². The Labute approximate surface area is 256 Å². The van der Waals surface area contributed by atoms with Crippen LogP contribution in [-0.4, -0.2) is 93.6 Å². The molecule has 2 aromatic heterocycles. The average molecular weight is 590 g/mol. The molecule has 3 aliphatic heterocycles. The fourth-order valence-electron chi connectivity index (χ4n) is 7.70. The Morgan fingerprint density at radius 3 is 2.58 bits per heavy atom. The lowest BCUT2D eigenvalue weighted by molar-refractivity contribution is 0.0251. The van der Waals surface area contributed by atoms with Crippen LogP contribution in [0.3, 0.4) is 0 Å². The number of aryl methyl sites for hydroxylation is 1. The van der Waals surface area contributed by atoms with Crippen LogP contribution < -0.4 is 0 Å². The second-order valence-electron chi connectivity index (χ2n) is 13.6. The number of fused-ring (bicyclic) bond motifs is 3. The molecule has 0 radical (unpaired) electrons. The summed E-state index contributed by atoms with van der Waals surface area (Å²) in [7, 11) is 0. The Morgan fingerprint density at radius 1 is 1.14 bits per heavy atom. The van der Waals surface area contributed by atoms with E-state index in [0.29, 0.717) is 42.1 Å². The van der Waals surface area contributed by atoms with Gasteiger partial charge >= 0.3 is 0 Å². The summed E-state index contributed by atoms with van der Waals surface area (Å²) in [6.07, 6.45) is 8.21. The maximum Gasteiger partial charge on any atom is 0.254 e. The summed E-state index contributed by atoms with van der Waals surface area (Å²) in [6.45, 7) is 18.5. The van der Waals surface area contributed by atoms with E-state index < -0.39 is 5.82 Å². The number of rotatable bonds is 11. The smallest absolute Gasteiger partial charge is 0.254 e. The number of halogens is 1. The Hall–Kier alpha value is -2.81. The largest absolute Gasteiger partial charge is 0.375 e. The van der Waals surface area contributed by atoms with Gasteiger partial charge in [-0.15, -0.1) is 0 Å². The zero-order valence-electron chi connectivity index (χ0n) is 26.7. The highest BCUT2D eigenvalue weighted by atomic mass is 19.1. The lowest BCUT2D eigenvalue weighted by Crippen LogP contribution is -2.52. The van der Waals surface area contributed by atoms with Crippen molar-refractivity contribution in [1.29, 1.82) is 0 Å². The van der Waals surface area contributed by atoms with Crippen LogP contribution in [-0.2, 0) is 4.74 Å². The Kier molecular flexibility index (Phi) is 8.64. The van der Waals surface area contributed by atoms with Crippen LogP contribution in [0.1, 0.15) is 81.5 Å². The van der Waals surface area contributed by atoms with Gasteiger partial charge in [-0.25, -0.2) is 9.37 Å². The van der Waals surface area contributed by atoms with E-state index in [4.69, 9.17) is 4.74 Å². The second kappa shape index (κ2) is 12.3. The molecule has 6 rings (SSSR count). The lowest BCUT2D eigenvalue weighted by Gasteiger charge is -2.46. The van der Waals surface area contributed by atoms with E-state index in [1.54, 1.807) is 11.0 Å². The molecule has 7 nitrogen and oxygen atoms in total. The molecule has 0 unspecified atom stereocenters. The quantitative estimate of drug-likeness (QED) is 0.275. The first-order valence-corrected chi connectivity index (χ1v) is 16.3. The van der Waals surface area contributed by atoms with E-state index >= 15 is 0 Å². The molecule has 0 aliphatic carbocycles. The molecule has 3 saturated heterocycles.